The van der Waals surface area contributed by atoms with Gasteiger partial charge in [-0.1, -0.05) is 30.3 Å². The second kappa shape index (κ2) is 6.77. The molecule has 0 spiro atoms. The van der Waals surface area contributed by atoms with Gasteiger partial charge in [0.25, 0.3) is 5.56 Å². The lowest BCUT2D eigenvalue weighted by molar-refractivity contribution is -0.116. The largest absolute Gasteiger partial charge is 0.325 e. The van der Waals surface area contributed by atoms with Gasteiger partial charge in [-0.05, 0) is 25.1 Å². The first-order chi connectivity index (χ1) is 13.0. The molecule has 2 heterocycles. The predicted molar refractivity (Wildman–Crippen MR) is 106 cm³/mol. The number of nitrogens with one attached hydrogen (secondary N) is 1. The van der Waals surface area contributed by atoms with Gasteiger partial charge in [-0.25, -0.2) is 4.98 Å². The first kappa shape index (κ1) is 17.1. The third-order valence-electron chi connectivity index (χ3n) is 4.22. The molecule has 0 saturated heterocycles. The number of aromatic nitrogens is 2. The van der Waals surface area contributed by atoms with E-state index in [0.29, 0.717) is 21.5 Å². The first-order valence-electron chi connectivity index (χ1n) is 8.30. The van der Waals surface area contributed by atoms with Crippen LogP contribution in [0, 0.1) is 0 Å². The maximum Gasteiger partial charge on any atom is 0.271 e. The van der Waals surface area contributed by atoms with Gasteiger partial charge in [-0.3, -0.25) is 19.0 Å². The third-order valence-corrected chi connectivity index (χ3v) is 5.37. The lowest BCUT2D eigenvalue weighted by Crippen LogP contribution is -2.27. The number of Topliss-reactive ketones (excluding diaryl/α,β-unsaturated/α-hetero) is 1. The van der Waals surface area contributed by atoms with Gasteiger partial charge >= 0.3 is 0 Å². The normalized spacial score (nSPS) is 11.0. The van der Waals surface area contributed by atoms with Crippen LogP contribution in [0.3, 0.4) is 0 Å². The number of carbonyl (C=O) groups is 2. The Kier molecular flexibility index (Phi) is 4.29. The standard InChI is InChI=1S/C20H15N3O3S/c1-12(24)13-5-4-6-14(9-13)22-17(25)10-23-11-21-18-15-7-2-3-8-16(15)27-19(18)20(23)26/h2-9,11H,10H2,1H3,(H,22,25). The molecule has 0 saturated carbocycles. The summed E-state index contributed by atoms with van der Waals surface area (Å²) >= 11 is 1.37. The molecule has 1 N–H and O–H groups in total. The molecule has 0 unspecified atom stereocenters. The molecule has 0 atom stereocenters. The first-order valence-corrected chi connectivity index (χ1v) is 9.12. The Morgan fingerprint density at radius 2 is 1.96 bits per heavy atom. The number of hydrogen-bond donors (Lipinski definition) is 1. The van der Waals surface area contributed by atoms with E-state index in [2.05, 4.69) is 10.3 Å². The van der Waals surface area contributed by atoms with Gasteiger partial charge in [-0.15, -0.1) is 11.3 Å². The van der Waals surface area contributed by atoms with Gasteiger partial charge in [0.15, 0.2) is 5.78 Å². The zero-order valence-corrected chi connectivity index (χ0v) is 15.2. The fourth-order valence-electron chi connectivity index (χ4n) is 2.90. The Labute approximate surface area is 158 Å². The quantitative estimate of drug-likeness (QED) is 0.552. The Hall–Kier alpha value is -3.32. The Morgan fingerprint density at radius 3 is 2.78 bits per heavy atom. The zero-order chi connectivity index (χ0) is 19.0. The summed E-state index contributed by atoms with van der Waals surface area (Å²) in [6, 6.07) is 14.4. The Balaban J connectivity index is 1.61. The minimum absolute atomic E-state index is 0.0817. The van der Waals surface area contributed by atoms with E-state index >= 15 is 0 Å². The number of nitrogens with zero attached hydrogens (tertiary/aromatic N) is 2. The number of hydrogen-bond acceptors (Lipinski definition) is 5. The van der Waals surface area contributed by atoms with Gasteiger partial charge in [0, 0.05) is 21.3 Å². The molecule has 6 nitrogen and oxygen atoms in total. The number of amides is 1. The highest BCUT2D eigenvalue weighted by Crippen LogP contribution is 2.29. The van der Waals surface area contributed by atoms with Crippen LogP contribution in [0.4, 0.5) is 5.69 Å². The number of fused-ring (bicyclic) bond motifs is 3. The fraction of sp³-hybridized carbons (Fsp3) is 0.100. The lowest BCUT2D eigenvalue weighted by atomic mass is 10.1. The summed E-state index contributed by atoms with van der Waals surface area (Å²) in [6.07, 6.45) is 1.40. The second-order valence-corrected chi connectivity index (χ2v) is 7.19. The lowest BCUT2D eigenvalue weighted by Gasteiger charge is -2.08. The van der Waals surface area contributed by atoms with E-state index in [4.69, 9.17) is 0 Å². The predicted octanol–water partition coefficient (Wildman–Crippen LogP) is 3.45. The minimum atomic E-state index is -0.361. The third kappa shape index (κ3) is 3.24. The van der Waals surface area contributed by atoms with Crippen molar-refractivity contribution in [1.82, 2.24) is 9.55 Å². The van der Waals surface area contributed by atoms with E-state index in [1.165, 1.54) is 29.2 Å². The summed E-state index contributed by atoms with van der Waals surface area (Å²) in [5.74, 6) is -0.443. The summed E-state index contributed by atoms with van der Waals surface area (Å²) in [7, 11) is 0. The molecule has 1 amide bonds. The van der Waals surface area contributed by atoms with E-state index in [1.54, 1.807) is 24.3 Å². The molecule has 7 heteroatoms. The number of carbonyl (C=O) groups excluding carboxylic acids is 2. The molecule has 2 aromatic carbocycles. The molecular weight excluding hydrogens is 362 g/mol. The van der Waals surface area contributed by atoms with Crippen molar-refractivity contribution in [3.8, 4) is 0 Å². The van der Waals surface area contributed by atoms with E-state index in [-0.39, 0.29) is 23.8 Å². The number of rotatable bonds is 4. The molecule has 134 valence electrons. The number of benzene rings is 2. The molecule has 27 heavy (non-hydrogen) atoms. The highest BCUT2D eigenvalue weighted by Gasteiger charge is 2.13. The maximum absolute atomic E-state index is 12.7. The summed E-state index contributed by atoms with van der Waals surface area (Å²) in [6.45, 7) is 1.31. The SMILES string of the molecule is CC(=O)c1cccc(NC(=O)Cn2cnc3c(sc4ccccc43)c2=O)c1. The van der Waals surface area contributed by atoms with Gasteiger partial charge in [-0.2, -0.15) is 0 Å². The molecular formula is C20H15N3O3S. The molecule has 0 fully saturated rings. The van der Waals surface area contributed by atoms with Crippen molar-refractivity contribution in [1.29, 1.82) is 0 Å². The van der Waals surface area contributed by atoms with Crippen molar-refractivity contribution in [2.45, 2.75) is 13.5 Å². The van der Waals surface area contributed by atoms with Gasteiger partial charge in [0.05, 0.1) is 11.8 Å². The molecule has 4 rings (SSSR count). The van der Waals surface area contributed by atoms with E-state index in [9.17, 15) is 14.4 Å². The van der Waals surface area contributed by atoms with E-state index in [1.807, 2.05) is 24.3 Å². The summed E-state index contributed by atoms with van der Waals surface area (Å²) in [4.78, 5) is 40.9. The van der Waals surface area contributed by atoms with Crippen molar-refractivity contribution in [2.75, 3.05) is 5.32 Å². The molecule has 0 aliphatic rings. The highest BCUT2D eigenvalue weighted by atomic mass is 32.1. The maximum atomic E-state index is 12.7. The zero-order valence-electron chi connectivity index (χ0n) is 14.4. The van der Waals surface area contributed by atoms with Gasteiger partial charge in [0.2, 0.25) is 5.91 Å². The molecule has 0 bridgehead atoms. The summed E-state index contributed by atoms with van der Waals surface area (Å²) in [5.41, 5.74) is 1.44. The van der Waals surface area contributed by atoms with E-state index < -0.39 is 0 Å². The monoisotopic (exact) mass is 377 g/mol. The van der Waals surface area contributed by atoms with Crippen molar-refractivity contribution in [2.24, 2.45) is 0 Å². The average Bonchev–Trinajstić information content (AvgIpc) is 3.04. The van der Waals surface area contributed by atoms with Gasteiger partial charge < -0.3 is 5.32 Å². The van der Waals surface area contributed by atoms with Crippen LogP contribution in [0.2, 0.25) is 0 Å². The Morgan fingerprint density at radius 1 is 1.15 bits per heavy atom. The van der Waals surface area contributed by atoms with Crippen molar-refractivity contribution < 1.29 is 9.59 Å². The van der Waals surface area contributed by atoms with Crippen LogP contribution < -0.4 is 10.9 Å². The topological polar surface area (TPSA) is 81.1 Å². The summed E-state index contributed by atoms with van der Waals surface area (Å²) < 4.78 is 2.81. The van der Waals surface area contributed by atoms with Crippen LogP contribution in [0.5, 0.6) is 0 Å². The van der Waals surface area contributed by atoms with Crippen LogP contribution in [0.1, 0.15) is 17.3 Å². The van der Waals surface area contributed by atoms with Crippen LogP contribution in [-0.2, 0) is 11.3 Å². The molecule has 0 aliphatic heterocycles. The van der Waals surface area contributed by atoms with Crippen LogP contribution in [0.15, 0.2) is 59.7 Å². The van der Waals surface area contributed by atoms with Crippen LogP contribution >= 0.6 is 11.3 Å². The Bertz CT molecular complexity index is 1260. The summed E-state index contributed by atoms with van der Waals surface area (Å²) in [5, 5.41) is 3.65. The second-order valence-electron chi connectivity index (χ2n) is 6.14. The average molecular weight is 377 g/mol. The smallest absolute Gasteiger partial charge is 0.271 e. The number of ketones is 1. The van der Waals surface area contributed by atoms with Crippen LogP contribution in [0.25, 0.3) is 20.3 Å². The molecule has 2 aromatic heterocycles. The number of thiophene rings is 1. The molecule has 0 aliphatic carbocycles. The fourth-order valence-corrected chi connectivity index (χ4v) is 4.00. The van der Waals surface area contributed by atoms with Crippen molar-refractivity contribution in [3.05, 3.63) is 70.8 Å². The highest BCUT2D eigenvalue weighted by molar-refractivity contribution is 7.25. The number of anilines is 1. The van der Waals surface area contributed by atoms with Gasteiger partial charge in [0.1, 0.15) is 11.2 Å². The van der Waals surface area contributed by atoms with Crippen molar-refractivity contribution >= 4 is 49.0 Å². The molecule has 4 aromatic rings. The van der Waals surface area contributed by atoms with Crippen molar-refractivity contribution in [3.63, 3.8) is 0 Å². The minimum Gasteiger partial charge on any atom is -0.325 e. The van der Waals surface area contributed by atoms with E-state index in [0.717, 1.165) is 10.1 Å². The van der Waals surface area contributed by atoms with Crippen LogP contribution in [-0.4, -0.2) is 21.2 Å². The molecule has 0 radical (unpaired) electrons.